The zero-order valence-electron chi connectivity index (χ0n) is 13.4. The first-order valence-corrected chi connectivity index (χ1v) is 7.62. The summed E-state index contributed by atoms with van der Waals surface area (Å²) in [5.41, 5.74) is 0.276. The molecule has 1 aliphatic heterocycles. The summed E-state index contributed by atoms with van der Waals surface area (Å²) in [5, 5.41) is 30.5. The number of nitriles is 3. The van der Waals surface area contributed by atoms with Crippen LogP contribution in [0.25, 0.3) is 11.2 Å². The molecular weight excluding hydrogens is 322 g/mol. The lowest BCUT2D eigenvalue weighted by atomic mass is 10.2. The van der Waals surface area contributed by atoms with Crippen LogP contribution in [0.4, 0.5) is 5.82 Å². The highest BCUT2D eigenvalue weighted by Gasteiger charge is 2.26. The molecule has 0 aliphatic carbocycles. The van der Waals surface area contributed by atoms with Gasteiger partial charge in [0, 0.05) is 13.5 Å². The van der Waals surface area contributed by atoms with E-state index in [9.17, 15) is 15.3 Å². The SMILES string of the molecule is CC(=O)Nc1c(C#N)c2nc(C#N)c(C#N)nc2n1CC1CCCO1. The second-order valence-electron chi connectivity index (χ2n) is 5.58. The Labute approximate surface area is 143 Å². The van der Waals surface area contributed by atoms with Crippen LogP contribution in [0.3, 0.4) is 0 Å². The molecule has 0 saturated carbocycles. The molecule has 2 aromatic rings. The van der Waals surface area contributed by atoms with Crippen molar-refractivity contribution in [2.75, 3.05) is 11.9 Å². The van der Waals surface area contributed by atoms with Gasteiger partial charge in [-0.15, -0.1) is 0 Å². The Kier molecular flexibility index (Phi) is 4.30. The number of carbonyl (C=O) groups is 1. The van der Waals surface area contributed by atoms with Crippen molar-refractivity contribution < 1.29 is 9.53 Å². The molecule has 0 spiro atoms. The molecule has 124 valence electrons. The second kappa shape index (κ2) is 6.56. The summed E-state index contributed by atoms with van der Waals surface area (Å²) in [5.74, 6) is -0.103. The van der Waals surface area contributed by atoms with Crippen molar-refractivity contribution in [2.45, 2.75) is 32.4 Å². The zero-order chi connectivity index (χ0) is 18.0. The van der Waals surface area contributed by atoms with Crippen LogP contribution in [0.1, 0.15) is 36.7 Å². The van der Waals surface area contributed by atoms with Crippen LogP contribution in [0, 0.1) is 34.0 Å². The molecule has 1 saturated heterocycles. The fourth-order valence-electron chi connectivity index (χ4n) is 2.86. The number of hydrogen-bond donors (Lipinski definition) is 1. The zero-order valence-corrected chi connectivity index (χ0v) is 13.4. The largest absolute Gasteiger partial charge is 0.376 e. The normalized spacial score (nSPS) is 16.2. The molecule has 3 heterocycles. The van der Waals surface area contributed by atoms with Crippen molar-refractivity contribution >= 4 is 22.9 Å². The molecule has 1 N–H and O–H groups in total. The molecule has 9 nitrogen and oxygen atoms in total. The second-order valence-corrected chi connectivity index (χ2v) is 5.58. The van der Waals surface area contributed by atoms with Gasteiger partial charge >= 0.3 is 0 Å². The van der Waals surface area contributed by atoms with Crippen LogP contribution in [-0.4, -0.2) is 33.2 Å². The third-order valence-corrected chi connectivity index (χ3v) is 3.90. The van der Waals surface area contributed by atoms with Crippen LogP contribution in [-0.2, 0) is 16.1 Å². The highest BCUT2D eigenvalue weighted by Crippen LogP contribution is 2.30. The van der Waals surface area contributed by atoms with Gasteiger partial charge in [0.25, 0.3) is 0 Å². The van der Waals surface area contributed by atoms with Gasteiger partial charge in [0.15, 0.2) is 17.0 Å². The molecule has 9 heteroatoms. The molecule has 1 amide bonds. The Morgan fingerprint density at radius 2 is 2.00 bits per heavy atom. The van der Waals surface area contributed by atoms with E-state index in [4.69, 9.17) is 10.00 Å². The molecule has 1 atom stereocenters. The number of nitrogens with one attached hydrogen (secondary N) is 1. The van der Waals surface area contributed by atoms with E-state index in [1.807, 2.05) is 12.1 Å². The lowest BCUT2D eigenvalue weighted by Crippen LogP contribution is -2.19. The fraction of sp³-hybridized carbons (Fsp3) is 0.375. The molecule has 0 radical (unpaired) electrons. The predicted molar refractivity (Wildman–Crippen MR) is 85.0 cm³/mol. The number of fused-ring (bicyclic) bond motifs is 1. The van der Waals surface area contributed by atoms with Gasteiger partial charge in [0.2, 0.25) is 5.91 Å². The van der Waals surface area contributed by atoms with Crippen molar-refractivity contribution in [3.05, 3.63) is 17.0 Å². The minimum Gasteiger partial charge on any atom is -0.376 e. The Morgan fingerprint density at radius 3 is 2.56 bits per heavy atom. The van der Waals surface area contributed by atoms with E-state index in [1.165, 1.54) is 6.92 Å². The highest BCUT2D eigenvalue weighted by molar-refractivity contribution is 5.96. The third-order valence-electron chi connectivity index (χ3n) is 3.90. The van der Waals surface area contributed by atoms with E-state index in [-0.39, 0.29) is 45.9 Å². The standard InChI is InChI=1S/C16H13N7O2/c1-9(24)20-15-11(5-17)14-16(22-13(7-19)12(6-18)21-14)23(15)8-10-3-2-4-25-10/h10H,2-4,8H2,1H3,(H,20,24). The van der Waals surface area contributed by atoms with Crippen LogP contribution in [0.5, 0.6) is 0 Å². The summed E-state index contributed by atoms with van der Waals surface area (Å²) in [6.45, 7) is 2.34. The minimum absolute atomic E-state index is 0.0855. The number of amides is 1. The number of carbonyl (C=O) groups excluding carboxylic acids is 1. The van der Waals surface area contributed by atoms with Gasteiger partial charge in [-0.1, -0.05) is 0 Å². The van der Waals surface area contributed by atoms with Crippen molar-refractivity contribution in [2.24, 2.45) is 0 Å². The lowest BCUT2D eigenvalue weighted by Gasteiger charge is -2.14. The van der Waals surface area contributed by atoms with E-state index >= 15 is 0 Å². The van der Waals surface area contributed by atoms with Crippen molar-refractivity contribution in [1.82, 2.24) is 14.5 Å². The van der Waals surface area contributed by atoms with Crippen molar-refractivity contribution in [3.63, 3.8) is 0 Å². The smallest absolute Gasteiger partial charge is 0.222 e. The topological polar surface area (TPSA) is 140 Å². The summed E-state index contributed by atoms with van der Waals surface area (Å²) in [7, 11) is 0. The number of hydrogen-bond acceptors (Lipinski definition) is 7. The quantitative estimate of drug-likeness (QED) is 0.887. The molecule has 3 rings (SSSR count). The molecule has 1 unspecified atom stereocenters. The molecule has 25 heavy (non-hydrogen) atoms. The number of anilines is 1. The van der Waals surface area contributed by atoms with Gasteiger partial charge in [-0.3, -0.25) is 4.79 Å². The van der Waals surface area contributed by atoms with E-state index in [2.05, 4.69) is 15.3 Å². The molecule has 1 fully saturated rings. The first-order valence-electron chi connectivity index (χ1n) is 7.62. The number of nitrogens with zero attached hydrogens (tertiary/aromatic N) is 6. The number of ether oxygens (including phenoxy) is 1. The first kappa shape index (κ1) is 16.4. The van der Waals surface area contributed by atoms with E-state index in [0.717, 1.165) is 12.8 Å². The molecule has 1 aliphatic rings. The van der Waals surface area contributed by atoms with Crippen LogP contribution in [0.2, 0.25) is 0 Å². The van der Waals surface area contributed by atoms with E-state index in [1.54, 1.807) is 10.6 Å². The Bertz CT molecular complexity index is 981. The van der Waals surface area contributed by atoms with E-state index in [0.29, 0.717) is 13.2 Å². The monoisotopic (exact) mass is 335 g/mol. The Morgan fingerprint density at radius 1 is 1.28 bits per heavy atom. The number of aromatic nitrogens is 3. The van der Waals surface area contributed by atoms with Gasteiger partial charge in [-0.05, 0) is 12.8 Å². The molecule has 2 aromatic heterocycles. The van der Waals surface area contributed by atoms with Gasteiger partial charge in [0.1, 0.15) is 35.1 Å². The van der Waals surface area contributed by atoms with Gasteiger partial charge in [-0.2, -0.15) is 15.8 Å². The summed E-state index contributed by atoms with van der Waals surface area (Å²) < 4.78 is 7.25. The maximum atomic E-state index is 11.6. The first-order chi connectivity index (χ1) is 12.1. The summed E-state index contributed by atoms with van der Waals surface area (Å²) in [4.78, 5) is 19.9. The minimum atomic E-state index is -0.353. The van der Waals surface area contributed by atoms with Crippen LogP contribution in [0.15, 0.2) is 0 Å². The van der Waals surface area contributed by atoms with Gasteiger partial charge in [0.05, 0.1) is 12.6 Å². The average Bonchev–Trinajstić information content (AvgIpc) is 3.20. The summed E-state index contributed by atoms with van der Waals surface area (Å²) in [6, 6.07) is 5.65. The third kappa shape index (κ3) is 2.87. The van der Waals surface area contributed by atoms with Crippen molar-refractivity contribution in [3.8, 4) is 18.2 Å². The van der Waals surface area contributed by atoms with Gasteiger partial charge in [-0.25, -0.2) is 9.97 Å². The molecule has 0 aromatic carbocycles. The van der Waals surface area contributed by atoms with Crippen molar-refractivity contribution in [1.29, 1.82) is 15.8 Å². The summed E-state index contributed by atoms with van der Waals surface area (Å²) >= 11 is 0. The van der Waals surface area contributed by atoms with Crippen LogP contribution >= 0.6 is 0 Å². The maximum absolute atomic E-state index is 11.6. The number of rotatable bonds is 3. The van der Waals surface area contributed by atoms with Gasteiger partial charge < -0.3 is 14.6 Å². The maximum Gasteiger partial charge on any atom is 0.222 e. The lowest BCUT2D eigenvalue weighted by molar-refractivity contribution is -0.114. The fourth-order valence-corrected chi connectivity index (χ4v) is 2.86. The van der Waals surface area contributed by atoms with E-state index < -0.39 is 0 Å². The molecule has 0 bridgehead atoms. The summed E-state index contributed by atoms with van der Waals surface area (Å²) in [6.07, 6.45) is 1.69. The van der Waals surface area contributed by atoms with Crippen LogP contribution < -0.4 is 5.32 Å². The molecular formula is C16H13N7O2. The average molecular weight is 335 g/mol. The Hall–Kier alpha value is -3.48. The Balaban J connectivity index is 2.28. The highest BCUT2D eigenvalue weighted by atomic mass is 16.5. The predicted octanol–water partition coefficient (Wildman–Crippen LogP) is 1.18.